The van der Waals surface area contributed by atoms with Crippen LogP contribution < -0.4 is 10.1 Å². The van der Waals surface area contributed by atoms with E-state index < -0.39 is 0 Å². The second kappa shape index (κ2) is 5.95. The van der Waals surface area contributed by atoms with Crippen LogP contribution >= 0.6 is 0 Å². The van der Waals surface area contributed by atoms with E-state index in [-0.39, 0.29) is 5.41 Å². The fraction of sp³-hybridized carbons (Fsp3) is 0.600. The van der Waals surface area contributed by atoms with Gasteiger partial charge in [0.25, 0.3) is 0 Å². The van der Waals surface area contributed by atoms with Gasteiger partial charge in [-0.2, -0.15) is 0 Å². The van der Waals surface area contributed by atoms with Gasteiger partial charge in [0.15, 0.2) is 0 Å². The van der Waals surface area contributed by atoms with Crippen LogP contribution in [0.3, 0.4) is 0 Å². The fourth-order valence-electron chi connectivity index (χ4n) is 1.48. The highest BCUT2D eigenvalue weighted by molar-refractivity contribution is 5.58. The minimum absolute atomic E-state index is 0.270. The molecule has 0 aromatic heterocycles. The van der Waals surface area contributed by atoms with E-state index in [4.69, 9.17) is 4.74 Å². The predicted molar refractivity (Wildman–Crippen MR) is 74.9 cm³/mol. The lowest BCUT2D eigenvalue weighted by molar-refractivity contribution is 0.318. The van der Waals surface area contributed by atoms with Gasteiger partial charge in [0.05, 0.1) is 12.3 Å². The number of ether oxygens (including phenoxy) is 1. The Balaban J connectivity index is 2.76. The van der Waals surface area contributed by atoms with Crippen molar-refractivity contribution in [1.29, 1.82) is 0 Å². The number of nitrogens with one attached hydrogen (secondary N) is 1. The molecule has 1 aromatic rings. The molecular formula is C15H25NO. The molecule has 0 atom stereocenters. The van der Waals surface area contributed by atoms with Gasteiger partial charge in [0.1, 0.15) is 5.75 Å². The number of rotatable bonds is 5. The van der Waals surface area contributed by atoms with Crippen molar-refractivity contribution in [3.8, 4) is 5.75 Å². The summed E-state index contributed by atoms with van der Waals surface area (Å²) in [4.78, 5) is 0. The summed E-state index contributed by atoms with van der Waals surface area (Å²) in [5.41, 5.74) is 2.63. The summed E-state index contributed by atoms with van der Waals surface area (Å²) in [7, 11) is 0. The Bertz CT molecular complexity index is 352. The first kappa shape index (κ1) is 13.9. The molecule has 0 spiro atoms. The van der Waals surface area contributed by atoms with Crippen molar-refractivity contribution in [1.82, 2.24) is 0 Å². The molecule has 1 N–H and O–H groups in total. The van der Waals surface area contributed by atoms with Crippen molar-refractivity contribution in [3.63, 3.8) is 0 Å². The SMILES string of the molecule is CCCOc1ccc(C)cc1NCC(C)(C)C. The van der Waals surface area contributed by atoms with E-state index in [0.29, 0.717) is 0 Å². The highest BCUT2D eigenvalue weighted by atomic mass is 16.5. The van der Waals surface area contributed by atoms with Gasteiger partial charge in [-0.3, -0.25) is 0 Å². The normalized spacial score (nSPS) is 11.4. The molecule has 96 valence electrons. The Labute approximate surface area is 105 Å². The lowest BCUT2D eigenvalue weighted by Crippen LogP contribution is -2.19. The van der Waals surface area contributed by atoms with Gasteiger partial charge in [-0.15, -0.1) is 0 Å². The molecule has 0 saturated heterocycles. The Morgan fingerprint density at radius 3 is 2.53 bits per heavy atom. The average Bonchev–Trinajstić information content (AvgIpc) is 2.24. The zero-order valence-electron chi connectivity index (χ0n) is 11.8. The van der Waals surface area contributed by atoms with E-state index in [1.54, 1.807) is 0 Å². The summed E-state index contributed by atoms with van der Waals surface area (Å²) in [6, 6.07) is 6.29. The molecule has 2 heteroatoms. The van der Waals surface area contributed by atoms with Crippen LogP contribution in [0, 0.1) is 12.3 Å². The van der Waals surface area contributed by atoms with Crippen molar-refractivity contribution in [3.05, 3.63) is 23.8 Å². The molecular weight excluding hydrogens is 210 g/mol. The van der Waals surface area contributed by atoms with Crippen LogP contribution in [0.1, 0.15) is 39.7 Å². The van der Waals surface area contributed by atoms with Crippen molar-refractivity contribution in [2.24, 2.45) is 5.41 Å². The van der Waals surface area contributed by atoms with Gasteiger partial charge in [0, 0.05) is 6.54 Å². The average molecular weight is 235 g/mol. The zero-order chi connectivity index (χ0) is 12.9. The molecule has 2 nitrogen and oxygen atoms in total. The zero-order valence-corrected chi connectivity index (χ0v) is 11.8. The van der Waals surface area contributed by atoms with E-state index in [1.807, 2.05) is 0 Å². The van der Waals surface area contributed by atoms with Crippen LogP contribution in [0.5, 0.6) is 5.75 Å². The molecule has 1 rings (SSSR count). The summed E-state index contributed by atoms with van der Waals surface area (Å²) in [5, 5.41) is 3.48. The first-order valence-corrected chi connectivity index (χ1v) is 6.40. The number of anilines is 1. The van der Waals surface area contributed by atoms with Gasteiger partial charge < -0.3 is 10.1 Å². The highest BCUT2D eigenvalue weighted by Crippen LogP contribution is 2.27. The Kier molecular flexibility index (Phi) is 4.86. The third-order valence-corrected chi connectivity index (χ3v) is 2.41. The monoisotopic (exact) mass is 235 g/mol. The maximum absolute atomic E-state index is 5.74. The quantitative estimate of drug-likeness (QED) is 0.824. The predicted octanol–water partition coefficient (Wildman–Crippen LogP) is 4.24. The lowest BCUT2D eigenvalue weighted by Gasteiger charge is -2.21. The molecule has 0 fully saturated rings. The smallest absolute Gasteiger partial charge is 0.142 e. The summed E-state index contributed by atoms with van der Waals surface area (Å²) in [6.07, 6.45) is 1.03. The Morgan fingerprint density at radius 1 is 1.24 bits per heavy atom. The second-order valence-corrected chi connectivity index (χ2v) is 5.76. The number of aryl methyl sites for hydroxylation is 1. The summed E-state index contributed by atoms with van der Waals surface area (Å²) >= 11 is 0. The maximum Gasteiger partial charge on any atom is 0.142 e. The maximum atomic E-state index is 5.74. The lowest BCUT2D eigenvalue weighted by atomic mass is 9.97. The van der Waals surface area contributed by atoms with E-state index >= 15 is 0 Å². The fourth-order valence-corrected chi connectivity index (χ4v) is 1.48. The third-order valence-electron chi connectivity index (χ3n) is 2.41. The molecule has 0 radical (unpaired) electrons. The van der Waals surface area contributed by atoms with Crippen molar-refractivity contribution >= 4 is 5.69 Å². The van der Waals surface area contributed by atoms with Crippen molar-refractivity contribution < 1.29 is 4.74 Å². The molecule has 0 heterocycles. The first-order chi connectivity index (χ1) is 7.92. The molecule has 0 bridgehead atoms. The van der Waals surface area contributed by atoms with Crippen LogP contribution in [0.15, 0.2) is 18.2 Å². The molecule has 0 aliphatic carbocycles. The molecule has 1 aromatic carbocycles. The molecule has 0 aliphatic heterocycles. The van der Waals surface area contributed by atoms with E-state index in [0.717, 1.165) is 31.0 Å². The highest BCUT2D eigenvalue weighted by Gasteiger charge is 2.11. The van der Waals surface area contributed by atoms with Crippen LogP contribution in [0.2, 0.25) is 0 Å². The first-order valence-electron chi connectivity index (χ1n) is 6.40. The van der Waals surface area contributed by atoms with Gasteiger partial charge >= 0.3 is 0 Å². The van der Waals surface area contributed by atoms with Crippen LogP contribution in [0.25, 0.3) is 0 Å². The summed E-state index contributed by atoms with van der Waals surface area (Å²) in [6.45, 7) is 12.6. The van der Waals surface area contributed by atoms with Gasteiger partial charge in [-0.05, 0) is 36.5 Å². The number of benzene rings is 1. The third kappa shape index (κ3) is 5.12. The largest absolute Gasteiger partial charge is 0.491 e. The van der Waals surface area contributed by atoms with Crippen LogP contribution in [0.4, 0.5) is 5.69 Å². The molecule has 0 aliphatic rings. The minimum atomic E-state index is 0.270. The summed E-state index contributed by atoms with van der Waals surface area (Å²) < 4.78 is 5.74. The van der Waals surface area contributed by atoms with E-state index in [1.165, 1.54) is 5.56 Å². The van der Waals surface area contributed by atoms with Gasteiger partial charge in [-0.25, -0.2) is 0 Å². The topological polar surface area (TPSA) is 21.3 Å². The van der Waals surface area contributed by atoms with E-state index in [9.17, 15) is 0 Å². The molecule has 0 saturated carbocycles. The molecule has 0 unspecified atom stereocenters. The van der Waals surface area contributed by atoms with Crippen molar-refractivity contribution in [2.45, 2.75) is 41.0 Å². The Morgan fingerprint density at radius 2 is 1.94 bits per heavy atom. The molecule has 0 amide bonds. The number of hydrogen-bond acceptors (Lipinski definition) is 2. The van der Waals surface area contributed by atoms with Crippen molar-refractivity contribution in [2.75, 3.05) is 18.5 Å². The van der Waals surface area contributed by atoms with Crippen LogP contribution in [-0.2, 0) is 0 Å². The van der Waals surface area contributed by atoms with Gasteiger partial charge in [-0.1, -0.05) is 33.8 Å². The number of hydrogen-bond donors (Lipinski definition) is 1. The molecule has 17 heavy (non-hydrogen) atoms. The minimum Gasteiger partial charge on any atom is -0.491 e. The van der Waals surface area contributed by atoms with Gasteiger partial charge in [0.2, 0.25) is 0 Å². The Hall–Kier alpha value is -1.18. The standard InChI is InChI=1S/C15H25NO/c1-6-9-17-14-8-7-12(2)10-13(14)16-11-15(3,4)5/h7-8,10,16H,6,9,11H2,1-5H3. The van der Waals surface area contributed by atoms with Crippen LogP contribution in [-0.4, -0.2) is 13.2 Å². The summed E-state index contributed by atoms with van der Waals surface area (Å²) in [5.74, 6) is 0.960. The second-order valence-electron chi connectivity index (χ2n) is 5.76. The van der Waals surface area contributed by atoms with E-state index in [2.05, 4.69) is 58.1 Å².